The van der Waals surface area contributed by atoms with E-state index in [1.54, 1.807) is 27.9 Å². The van der Waals surface area contributed by atoms with E-state index in [4.69, 9.17) is 4.42 Å². The predicted octanol–water partition coefficient (Wildman–Crippen LogP) is 2.12. The van der Waals surface area contributed by atoms with Crippen LogP contribution < -0.4 is 15.9 Å². The Morgan fingerprint density at radius 3 is 2.66 bits per heavy atom. The largest absolute Gasteiger partial charge is 0.461 e. The van der Waals surface area contributed by atoms with Crippen LogP contribution in [0.15, 0.2) is 51.9 Å². The Hall–Kier alpha value is -3.62. The number of hydrogen-bond acceptors (Lipinski definition) is 5. The Labute approximate surface area is 184 Å². The van der Waals surface area contributed by atoms with Gasteiger partial charge in [0.05, 0.1) is 18.7 Å². The number of amides is 2. The summed E-state index contributed by atoms with van der Waals surface area (Å²) >= 11 is 0. The highest BCUT2D eigenvalue weighted by atomic mass is 16.3. The Kier molecular flexibility index (Phi) is 5.16. The summed E-state index contributed by atoms with van der Waals surface area (Å²) in [7, 11) is 0. The predicted molar refractivity (Wildman–Crippen MR) is 117 cm³/mol. The molecule has 9 heteroatoms. The lowest BCUT2D eigenvalue weighted by molar-refractivity contribution is -0.126. The number of benzene rings is 1. The molecule has 32 heavy (non-hydrogen) atoms. The lowest BCUT2D eigenvalue weighted by Crippen LogP contribution is -2.36. The van der Waals surface area contributed by atoms with E-state index < -0.39 is 5.92 Å². The van der Waals surface area contributed by atoms with Crippen molar-refractivity contribution in [1.82, 2.24) is 19.7 Å². The molecule has 3 aromatic rings. The molecule has 9 nitrogen and oxygen atoms in total. The van der Waals surface area contributed by atoms with Gasteiger partial charge in [0.2, 0.25) is 17.6 Å². The van der Waals surface area contributed by atoms with Gasteiger partial charge in [0.25, 0.3) is 0 Å². The Morgan fingerprint density at radius 1 is 1.19 bits per heavy atom. The van der Waals surface area contributed by atoms with Crippen LogP contribution in [0, 0.1) is 12.8 Å². The zero-order valence-electron chi connectivity index (χ0n) is 17.9. The van der Waals surface area contributed by atoms with Crippen molar-refractivity contribution in [3.8, 4) is 11.6 Å². The molecule has 2 fully saturated rings. The van der Waals surface area contributed by atoms with Gasteiger partial charge in [-0.3, -0.25) is 14.2 Å². The molecule has 1 aliphatic heterocycles. The molecule has 1 aliphatic carbocycles. The summed E-state index contributed by atoms with van der Waals surface area (Å²) in [6, 6.07) is 11.4. The minimum absolute atomic E-state index is 0.0588. The summed E-state index contributed by atoms with van der Waals surface area (Å²) in [5.74, 6) is 0.412. The Bertz CT molecular complexity index is 1190. The molecular formula is C23H25N5O4. The quantitative estimate of drug-likeness (QED) is 0.612. The summed E-state index contributed by atoms with van der Waals surface area (Å²) < 4.78 is 8.48. The molecule has 2 aromatic heterocycles. The van der Waals surface area contributed by atoms with Gasteiger partial charge in [-0.15, -0.1) is 5.10 Å². The van der Waals surface area contributed by atoms with Crippen LogP contribution >= 0.6 is 0 Å². The van der Waals surface area contributed by atoms with E-state index in [1.165, 1.54) is 4.68 Å². The van der Waals surface area contributed by atoms with Crippen LogP contribution in [-0.2, 0) is 16.1 Å². The Morgan fingerprint density at radius 2 is 1.97 bits per heavy atom. The molecule has 1 unspecified atom stereocenters. The van der Waals surface area contributed by atoms with E-state index in [9.17, 15) is 14.4 Å². The van der Waals surface area contributed by atoms with Gasteiger partial charge in [0.1, 0.15) is 0 Å². The topological polar surface area (TPSA) is 102 Å². The molecule has 2 amide bonds. The van der Waals surface area contributed by atoms with Crippen LogP contribution in [0.3, 0.4) is 0 Å². The van der Waals surface area contributed by atoms with Gasteiger partial charge in [-0.05, 0) is 44.0 Å². The molecule has 0 radical (unpaired) electrons. The molecule has 2 aliphatic rings. The number of aromatic nitrogens is 3. The third-order valence-electron chi connectivity index (χ3n) is 5.99. The zero-order valence-corrected chi connectivity index (χ0v) is 17.9. The van der Waals surface area contributed by atoms with Crippen LogP contribution in [0.2, 0.25) is 0 Å². The molecule has 3 heterocycles. The highest BCUT2D eigenvalue weighted by Gasteiger charge is 2.35. The molecule has 0 bridgehead atoms. The van der Waals surface area contributed by atoms with Crippen molar-refractivity contribution in [2.24, 2.45) is 5.92 Å². The lowest BCUT2D eigenvalue weighted by Gasteiger charge is -2.17. The number of aryl methyl sites for hydroxylation is 1. The highest BCUT2D eigenvalue weighted by Crippen LogP contribution is 2.36. The number of carbonyl (C=O) groups excluding carboxylic acids is 2. The van der Waals surface area contributed by atoms with Gasteiger partial charge in [0.15, 0.2) is 5.76 Å². The summed E-state index contributed by atoms with van der Waals surface area (Å²) in [6.45, 7) is 2.85. The van der Waals surface area contributed by atoms with Crippen molar-refractivity contribution < 1.29 is 14.0 Å². The maximum Gasteiger partial charge on any atom is 0.346 e. The average Bonchev–Trinajstić information content (AvgIpc) is 3.18. The summed E-state index contributed by atoms with van der Waals surface area (Å²) in [4.78, 5) is 39.5. The molecule has 166 valence electrons. The fourth-order valence-corrected chi connectivity index (χ4v) is 4.09. The van der Waals surface area contributed by atoms with Gasteiger partial charge < -0.3 is 14.6 Å². The highest BCUT2D eigenvalue weighted by molar-refractivity contribution is 6.00. The third kappa shape index (κ3) is 3.86. The fourth-order valence-electron chi connectivity index (χ4n) is 4.09. The van der Waals surface area contributed by atoms with Crippen molar-refractivity contribution in [2.75, 3.05) is 18.0 Å². The first-order chi connectivity index (χ1) is 15.5. The lowest BCUT2D eigenvalue weighted by atomic mass is 10.1. The van der Waals surface area contributed by atoms with Crippen molar-refractivity contribution in [1.29, 1.82) is 0 Å². The third-order valence-corrected chi connectivity index (χ3v) is 5.99. The summed E-state index contributed by atoms with van der Waals surface area (Å²) in [6.07, 6.45) is 3.63. The standard InChI is InChI=1S/C23H25N5O4/c1-15-4-6-17(7-5-15)26-14-16(13-20(26)29)22(30)24-10-11-27-23(31)28(18-8-9-18)21(25-27)19-3-2-12-32-19/h2-7,12,16,18H,8-11,13-14H2,1H3,(H,24,30). The van der Waals surface area contributed by atoms with Gasteiger partial charge in [0, 0.05) is 31.2 Å². The molecule has 0 spiro atoms. The van der Waals surface area contributed by atoms with Gasteiger partial charge in [-0.25, -0.2) is 9.48 Å². The number of rotatable bonds is 7. The fraction of sp³-hybridized carbons (Fsp3) is 0.391. The first-order valence-corrected chi connectivity index (χ1v) is 10.9. The molecular weight excluding hydrogens is 410 g/mol. The zero-order chi connectivity index (χ0) is 22.2. The maximum atomic E-state index is 12.8. The van der Waals surface area contributed by atoms with Gasteiger partial charge >= 0.3 is 5.69 Å². The molecule has 1 saturated carbocycles. The molecule has 1 N–H and O–H groups in total. The second-order valence-electron chi connectivity index (χ2n) is 8.44. The second kappa shape index (κ2) is 8.14. The van der Waals surface area contributed by atoms with E-state index in [2.05, 4.69) is 10.4 Å². The summed E-state index contributed by atoms with van der Waals surface area (Å²) in [5.41, 5.74) is 1.72. The monoisotopic (exact) mass is 435 g/mol. The Balaban J connectivity index is 1.21. The van der Waals surface area contributed by atoms with Crippen molar-refractivity contribution in [2.45, 2.75) is 38.8 Å². The van der Waals surface area contributed by atoms with Gasteiger partial charge in [-0.1, -0.05) is 17.7 Å². The van der Waals surface area contributed by atoms with Crippen LogP contribution in [0.5, 0.6) is 0 Å². The molecule has 1 saturated heterocycles. The van der Waals surface area contributed by atoms with Crippen LogP contribution in [-0.4, -0.2) is 39.3 Å². The maximum absolute atomic E-state index is 12.8. The SMILES string of the molecule is Cc1ccc(N2CC(C(=O)NCCn3nc(-c4ccco4)n(C4CC4)c3=O)CC2=O)cc1. The number of hydrogen-bond donors (Lipinski definition) is 1. The first-order valence-electron chi connectivity index (χ1n) is 10.9. The number of anilines is 1. The van der Waals surface area contributed by atoms with E-state index in [0.29, 0.717) is 18.1 Å². The average molecular weight is 435 g/mol. The van der Waals surface area contributed by atoms with Crippen molar-refractivity contribution in [3.63, 3.8) is 0 Å². The van der Waals surface area contributed by atoms with Crippen LogP contribution in [0.25, 0.3) is 11.6 Å². The number of furan rings is 1. The van der Waals surface area contributed by atoms with Crippen LogP contribution in [0.1, 0.15) is 30.9 Å². The van der Waals surface area contributed by atoms with E-state index >= 15 is 0 Å². The van der Waals surface area contributed by atoms with Crippen molar-refractivity contribution in [3.05, 3.63) is 58.7 Å². The number of carbonyl (C=O) groups is 2. The van der Waals surface area contributed by atoms with Gasteiger partial charge in [-0.2, -0.15) is 0 Å². The normalized spacial score (nSPS) is 18.3. The minimum Gasteiger partial charge on any atom is -0.461 e. The first kappa shape index (κ1) is 20.3. The molecule has 5 rings (SSSR count). The minimum atomic E-state index is -0.414. The van der Waals surface area contributed by atoms with Crippen LogP contribution in [0.4, 0.5) is 5.69 Å². The van der Waals surface area contributed by atoms with E-state index in [-0.39, 0.29) is 43.1 Å². The second-order valence-corrected chi connectivity index (χ2v) is 8.44. The molecule has 1 aromatic carbocycles. The van der Waals surface area contributed by atoms with Crippen molar-refractivity contribution >= 4 is 17.5 Å². The smallest absolute Gasteiger partial charge is 0.346 e. The van der Waals surface area contributed by atoms with E-state index in [1.807, 2.05) is 31.2 Å². The number of nitrogens with one attached hydrogen (secondary N) is 1. The number of nitrogens with zero attached hydrogens (tertiary/aromatic N) is 4. The summed E-state index contributed by atoms with van der Waals surface area (Å²) in [5, 5.41) is 7.30. The molecule has 1 atom stereocenters. The van der Waals surface area contributed by atoms with E-state index in [0.717, 1.165) is 24.1 Å².